The molecule has 204 valence electrons. The van der Waals surface area contributed by atoms with Gasteiger partial charge in [-0.1, -0.05) is 25.1 Å². The van der Waals surface area contributed by atoms with Crippen LogP contribution in [0, 0.1) is 17.8 Å². The highest BCUT2D eigenvalue weighted by molar-refractivity contribution is 6.24. The third-order valence-corrected chi connectivity index (χ3v) is 9.16. The zero-order valence-corrected chi connectivity index (χ0v) is 22.5. The number of rotatable bonds is 5. The standard InChI is InChI=1S/C29H37N3O6/c1-15-8-10-32(11-9-15)14-16-6-5-7-18-19(16)12-17-13-20-23(31(2)3)25(34)22(28(30)37)27(36)29(20,38-4)26(35)21(17)24(18)33/h5-7,15,17,20,23,33,36H,8-14H2,1-4H3,(H2,30,37)/t17-,20-,23+,29-/m0/s1. The average molecular weight is 524 g/mol. The van der Waals surface area contributed by atoms with Crippen molar-refractivity contribution in [2.24, 2.45) is 23.5 Å². The number of hydrogen-bond donors (Lipinski definition) is 3. The van der Waals surface area contributed by atoms with Crippen molar-refractivity contribution in [1.29, 1.82) is 0 Å². The summed E-state index contributed by atoms with van der Waals surface area (Å²) in [4.78, 5) is 43.9. The minimum atomic E-state index is -1.99. The fraction of sp³-hybridized carbons (Fsp3) is 0.552. The number of likely N-dealkylation sites (N-methyl/N-ethyl adjacent to an activating group) is 1. The molecular formula is C29H37N3O6. The van der Waals surface area contributed by atoms with E-state index in [2.05, 4.69) is 17.9 Å². The average Bonchev–Trinajstić information content (AvgIpc) is 2.85. The van der Waals surface area contributed by atoms with E-state index in [9.17, 15) is 24.6 Å². The molecule has 0 radical (unpaired) electrons. The number of nitrogens with two attached hydrogens (primary N) is 1. The van der Waals surface area contributed by atoms with Crippen LogP contribution in [-0.2, 0) is 32.1 Å². The molecular weight excluding hydrogens is 486 g/mol. The minimum absolute atomic E-state index is 0.128. The first kappa shape index (κ1) is 26.6. The third kappa shape index (κ3) is 3.82. The Morgan fingerprint density at radius 1 is 1.21 bits per heavy atom. The number of nitrogens with zero attached hydrogens (tertiary/aromatic N) is 2. The summed E-state index contributed by atoms with van der Waals surface area (Å²) in [5, 5.41) is 22.7. The van der Waals surface area contributed by atoms with Crippen molar-refractivity contribution in [3.05, 3.63) is 51.8 Å². The molecule has 4 N–H and O–H groups in total. The number of aliphatic hydroxyl groups excluding tert-OH is 2. The van der Waals surface area contributed by atoms with Crippen LogP contribution in [-0.4, -0.2) is 83.4 Å². The Morgan fingerprint density at radius 2 is 1.89 bits per heavy atom. The number of ether oxygens (including phenoxy) is 1. The maximum atomic E-state index is 14.2. The highest BCUT2D eigenvalue weighted by Gasteiger charge is 2.65. The smallest absolute Gasteiger partial charge is 0.255 e. The molecule has 9 nitrogen and oxygen atoms in total. The molecule has 5 rings (SSSR count). The SMILES string of the molecule is CO[C@]12C(=O)C3=C(O)c4cccc(CN5CCC(C)CC5)c4C[C@H]3C[C@H]1[C@@H](N(C)C)C(=O)C(C(N)=O)=C2O. The Hall–Kier alpha value is -3.01. The number of fused-ring (bicyclic) bond motifs is 3. The van der Waals surface area contributed by atoms with Gasteiger partial charge in [-0.25, -0.2) is 0 Å². The lowest BCUT2D eigenvalue weighted by atomic mass is 9.57. The first-order chi connectivity index (χ1) is 18.0. The molecule has 1 saturated heterocycles. The van der Waals surface area contributed by atoms with Crippen molar-refractivity contribution < 1.29 is 29.3 Å². The summed E-state index contributed by atoms with van der Waals surface area (Å²) in [5.41, 5.74) is 5.78. The number of benzene rings is 1. The van der Waals surface area contributed by atoms with Crippen LogP contribution in [0.3, 0.4) is 0 Å². The molecule has 4 aliphatic rings. The van der Waals surface area contributed by atoms with E-state index >= 15 is 0 Å². The summed E-state index contributed by atoms with van der Waals surface area (Å²) in [7, 11) is 4.64. The van der Waals surface area contributed by atoms with Gasteiger partial charge in [0.1, 0.15) is 17.1 Å². The summed E-state index contributed by atoms with van der Waals surface area (Å²) in [6, 6.07) is 4.88. The number of ketones is 2. The normalized spacial score (nSPS) is 30.4. The Labute approximate surface area is 222 Å². The van der Waals surface area contributed by atoms with E-state index in [1.54, 1.807) is 19.0 Å². The second-order valence-corrected chi connectivity index (χ2v) is 11.5. The van der Waals surface area contributed by atoms with Gasteiger partial charge >= 0.3 is 0 Å². The molecule has 2 fully saturated rings. The highest BCUT2D eigenvalue weighted by Crippen LogP contribution is 2.53. The summed E-state index contributed by atoms with van der Waals surface area (Å²) in [6.07, 6.45) is 3.15. The molecule has 3 aliphatic carbocycles. The van der Waals surface area contributed by atoms with Crippen LogP contribution in [0.25, 0.3) is 5.76 Å². The quantitative estimate of drug-likeness (QED) is 0.500. The van der Waals surface area contributed by atoms with Crippen LogP contribution in [0.15, 0.2) is 35.1 Å². The van der Waals surface area contributed by atoms with E-state index in [1.165, 1.54) is 7.11 Å². The van der Waals surface area contributed by atoms with Gasteiger partial charge in [-0.2, -0.15) is 0 Å². The number of carbonyl (C=O) groups excluding carboxylic acids is 3. The fourth-order valence-corrected chi connectivity index (χ4v) is 7.17. The van der Waals surface area contributed by atoms with Gasteiger partial charge in [0, 0.05) is 30.7 Å². The summed E-state index contributed by atoms with van der Waals surface area (Å²) in [5.74, 6) is -3.68. The predicted octanol–water partition coefficient (Wildman–Crippen LogP) is 2.14. The van der Waals surface area contributed by atoms with E-state index in [-0.39, 0.29) is 17.3 Å². The van der Waals surface area contributed by atoms with E-state index < -0.39 is 46.4 Å². The molecule has 0 unspecified atom stereocenters. The third-order valence-electron chi connectivity index (χ3n) is 9.16. The number of aliphatic hydroxyl groups is 2. The molecule has 38 heavy (non-hydrogen) atoms. The molecule has 1 amide bonds. The monoisotopic (exact) mass is 523 g/mol. The number of Topliss-reactive ketones (excluding diaryl/α,β-unsaturated/α-hetero) is 2. The van der Waals surface area contributed by atoms with Crippen molar-refractivity contribution in [1.82, 2.24) is 9.80 Å². The summed E-state index contributed by atoms with van der Waals surface area (Å²) >= 11 is 0. The molecule has 1 aliphatic heterocycles. The maximum Gasteiger partial charge on any atom is 0.255 e. The first-order valence-electron chi connectivity index (χ1n) is 13.3. The lowest BCUT2D eigenvalue weighted by molar-refractivity contribution is -0.159. The molecule has 1 heterocycles. The van der Waals surface area contributed by atoms with Gasteiger partial charge < -0.3 is 20.7 Å². The van der Waals surface area contributed by atoms with Crippen molar-refractivity contribution in [2.45, 2.75) is 50.8 Å². The molecule has 0 spiro atoms. The summed E-state index contributed by atoms with van der Waals surface area (Å²) in [6.45, 7) is 5.11. The molecule has 1 aromatic carbocycles. The highest BCUT2D eigenvalue weighted by atomic mass is 16.5. The second kappa shape index (κ2) is 9.63. The van der Waals surface area contributed by atoms with Crippen LogP contribution in [0.5, 0.6) is 0 Å². The molecule has 1 saturated carbocycles. The molecule has 0 bridgehead atoms. The van der Waals surface area contributed by atoms with Crippen molar-refractivity contribution >= 4 is 23.2 Å². The first-order valence-corrected chi connectivity index (χ1v) is 13.3. The van der Waals surface area contributed by atoms with Crippen LogP contribution in [0.1, 0.15) is 42.9 Å². The van der Waals surface area contributed by atoms with E-state index in [4.69, 9.17) is 10.5 Å². The number of carbonyl (C=O) groups is 3. The number of likely N-dealkylation sites (tertiary alicyclic amines) is 1. The Kier molecular flexibility index (Phi) is 6.74. The number of piperidine rings is 1. The van der Waals surface area contributed by atoms with E-state index in [1.807, 2.05) is 12.1 Å². The van der Waals surface area contributed by atoms with Gasteiger partial charge in [0.15, 0.2) is 11.4 Å². The predicted molar refractivity (Wildman–Crippen MR) is 141 cm³/mol. The number of methoxy groups -OCH3 is 1. The lowest BCUT2D eigenvalue weighted by Crippen LogP contribution is -2.66. The Balaban J connectivity index is 1.62. The Bertz CT molecular complexity index is 1260. The van der Waals surface area contributed by atoms with Gasteiger partial charge in [0.2, 0.25) is 5.78 Å². The zero-order valence-electron chi connectivity index (χ0n) is 22.5. The second-order valence-electron chi connectivity index (χ2n) is 11.5. The molecule has 9 heteroatoms. The fourth-order valence-electron chi connectivity index (χ4n) is 7.17. The topological polar surface area (TPSA) is 133 Å². The molecule has 0 aromatic heterocycles. The maximum absolute atomic E-state index is 14.2. The van der Waals surface area contributed by atoms with Crippen molar-refractivity contribution in [3.63, 3.8) is 0 Å². The van der Waals surface area contributed by atoms with Gasteiger partial charge in [0.25, 0.3) is 5.91 Å². The van der Waals surface area contributed by atoms with E-state index in [0.29, 0.717) is 18.4 Å². The number of amides is 1. The van der Waals surface area contributed by atoms with Crippen LogP contribution in [0.2, 0.25) is 0 Å². The van der Waals surface area contributed by atoms with Gasteiger partial charge in [-0.05, 0) is 75.8 Å². The van der Waals surface area contributed by atoms with Crippen LogP contribution >= 0.6 is 0 Å². The zero-order chi connectivity index (χ0) is 27.5. The van der Waals surface area contributed by atoms with Crippen molar-refractivity contribution in [3.8, 4) is 0 Å². The summed E-state index contributed by atoms with van der Waals surface area (Å²) < 4.78 is 5.74. The molecule has 1 aromatic rings. The van der Waals surface area contributed by atoms with Gasteiger partial charge in [0.05, 0.1) is 6.04 Å². The van der Waals surface area contributed by atoms with Crippen LogP contribution in [0.4, 0.5) is 0 Å². The number of hydrogen-bond acceptors (Lipinski definition) is 8. The van der Waals surface area contributed by atoms with E-state index in [0.717, 1.165) is 49.5 Å². The Morgan fingerprint density at radius 3 is 2.50 bits per heavy atom. The number of primary amides is 1. The van der Waals surface area contributed by atoms with Crippen molar-refractivity contribution in [2.75, 3.05) is 34.3 Å². The minimum Gasteiger partial charge on any atom is -0.508 e. The largest absolute Gasteiger partial charge is 0.508 e. The van der Waals surface area contributed by atoms with Gasteiger partial charge in [-0.3, -0.25) is 24.2 Å². The lowest BCUT2D eigenvalue weighted by Gasteiger charge is -2.52. The van der Waals surface area contributed by atoms with Gasteiger partial charge in [-0.15, -0.1) is 0 Å². The molecule has 4 atom stereocenters. The van der Waals surface area contributed by atoms with Crippen LogP contribution < -0.4 is 5.73 Å².